The number of carbonyl (C=O) groups is 2. The number of anilines is 1. The fourth-order valence-electron chi connectivity index (χ4n) is 3.23. The number of amides is 2. The molecule has 0 fully saturated rings. The van der Waals surface area contributed by atoms with Gasteiger partial charge in [0, 0.05) is 10.5 Å². The summed E-state index contributed by atoms with van der Waals surface area (Å²) in [6, 6.07) is 24.2. The van der Waals surface area contributed by atoms with E-state index in [9.17, 15) is 9.59 Å². The molecule has 3 aromatic rings. The van der Waals surface area contributed by atoms with Crippen molar-refractivity contribution in [3.63, 3.8) is 0 Å². The average molecular weight is 401 g/mol. The molecule has 2 amide bonds. The zero-order valence-electron chi connectivity index (χ0n) is 16.1. The SMILES string of the molecule is COc1ccccc1C1=C(Sc2ccccc2)C(=O)N(c2ccc(C)cc2)C1=O. The lowest BCUT2D eigenvalue weighted by Crippen LogP contribution is -2.31. The molecular formula is C24H19NO3S. The second-order valence-electron chi connectivity index (χ2n) is 6.60. The predicted octanol–water partition coefficient (Wildman–Crippen LogP) is 5.08. The molecule has 5 heteroatoms. The Morgan fingerprint density at radius 3 is 2.14 bits per heavy atom. The van der Waals surface area contributed by atoms with Crippen molar-refractivity contribution >= 4 is 34.8 Å². The Bertz CT molecular complexity index is 1100. The van der Waals surface area contributed by atoms with E-state index in [2.05, 4.69) is 0 Å². The van der Waals surface area contributed by atoms with Crippen LogP contribution in [0.5, 0.6) is 5.75 Å². The Hall–Kier alpha value is -3.31. The van der Waals surface area contributed by atoms with Crippen molar-refractivity contribution in [2.45, 2.75) is 11.8 Å². The minimum absolute atomic E-state index is 0.325. The van der Waals surface area contributed by atoms with Crippen molar-refractivity contribution in [2.24, 2.45) is 0 Å². The molecule has 3 aromatic carbocycles. The maximum Gasteiger partial charge on any atom is 0.272 e. The van der Waals surface area contributed by atoms with E-state index in [4.69, 9.17) is 4.74 Å². The van der Waals surface area contributed by atoms with Crippen molar-refractivity contribution in [2.75, 3.05) is 12.0 Å². The van der Waals surface area contributed by atoms with E-state index < -0.39 is 0 Å². The number of nitrogens with zero attached hydrogens (tertiary/aromatic N) is 1. The summed E-state index contributed by atoms with van der Waals surface area (Å²) in [5.74, 6) is -0.115. The Morgan fingerprint density at radius 1 is 0.793 bits per heavy atom. The number of para-hydroxylation sites is 1. The molecule has 0 saturated carbocycles. The number of benzene rings is 3. The minimum Gasteiger partial charge on any atom is -0.496 e. The first-order chi connectivity index (χ1) is 14.1. The van der Waals surface area contributed by atoms with Gasteiger partial charge in [-0.1, -0.05) is 65.9 Å². The van der Waals surface area contributed by atoms with Gasteiger partial charge in [-0.3, -0.25) is 9.59 Å². The summed E-state index contributed by atoms with van der Waals surface area (Å²) in [4.78, 5) is 29.4. The molecular weight excluding hydrogens is 382 g/mol. The molecule has 0 radical (unpaired) electrons. The highest BCUT2D eigenvalue weighted by atomic mass is 32.2. The first-order valence-electron chi connectivity index (χ1n) is 9.16. The van der Waals surface area contributed by atoms with Crippen LogP contribution in [0.25, 0.3) is 5.57 Å². The summed E-state index contributed by atoms with van der Waals surface area (Å²) < 4.78 is 5.47. The fourth-order valence-corrected chi connectivity index (χ4v) is 4.23. The van der Waals surface area contributed by atoms with E-state index in [1.165, 1.54) is 16.7 Å². The molecule has 0 bridgehead atoms. The molecule has 1 aliphatic heterocycles. The van der Waals surface area contributed by atoms with Crippen LogP contribution in [0.2, 0.25) is 0 Å². The van der Waals surface area contributed by atoms with Gasteiger partial charge in [0.25, 0.3) is 11.8 Å². The van der Waals surface area contributed by atoms with Gasteiger partial charge in [-0.15, -0.1) is 0 Å². The standard InChI is InChI=1S/C24H19NO3S/c1-16-12-14-17(15-13-16)25-23(26)21(19-10-6-7-11-20(19)28-2)22(24(25)27)29-18-8-4-3-5-9-18/h3-15H,1-2H3. The first kappa shape index (κ1) is 19.0. The third-order valence-electron chi connectivity index (χ3n) is 4.67. The molecule has 0 saturated heterocycles. The second-order valence-corrected chi connectivity index (χ2v) is 7.68. The van der Waals surface area contributed by atoms with Crippen molar-refractivity contribution < 1.29 is 14.3 Å². The summed E-state index contributed by atoms with van der Waals surface area (Å²) in [7, 11) is 1.56. The van der Waals surface area contributed by atoms with Crippen molar-refractivity contribution in [3.8, 4) is 5.75 Å². The van der Waals surface area contributed by atoms with Crippen molar-refractivity contribution in [1.29, 1.82) is 0 Å². The van der Waals surface area contributed by atoms with E-state index in [1.54, 1.807) is 25.3 Å². The molecule has 1 heterocycles. The van der Waals surface area contributed by atoms with Crippen LogP contribution in [0, 0.1) is 6.92 Å². The number of ether oxygens (including phenoxy) is 1. The molecule has 0 aliphatic carbocycles. The Labute approximate surface area is 173 Å². The number of aryl methyl sites for hydroxylation is 1. The lowest BCUT2D eigenvalue weighted by Gasteiger charge is -2.15. The molecule has 0 N–H and O–H groups in total. The molecule has 4 rings (SSSR count). The number of rotatable bonds is 5. The van der Waals surface area contributed by atoms with Crippen LogP contribution in [0.4, 0.5) is 5.69 Å². The maximum atomic E-state index is 13.4. The summed E-state index contributed by atoms with van der Waals surface area (Å²) >= 11 is 1.30. The van der Waals surface area contributed by atoms with Gasteiger partial charge in [-0.25, -0.2) is 4.90 Å². The number of methoxy groups -OCH3 is 1. The van der Waals surface area contributed by atoms with E-state index in [1.807, 2.05) is 67.6 Å². The molecule has 1 aliphatic rings. The van der Waals surface area contributed by atoms with Crippen LogP contribution in [0.15, 0.2) is 88.7 Å². The van der Waals surface area contributed by atoms with Gasteiger partial charge in [0.2, 0.25) is 0 Å². The Balaban J connectivity index is 1.86. The Morgan fingerprint density at radius 2 is 1.45 bits per heavy atom. The van der Waals surface area contributed by atoms with Crippen LogP contribution < -0.4 is 9.64 Å². The molecule has 0 unspecified atom stereocenters. The average Bonchev–Trinajstić information content (AvgIpc) is 2.99. The predicted molar refractivity (Wildman–Crippen MR) is 116 cm³/mol. The molecule has 144 valence electrons. The van der Waals surface area contributed by atoms with Crippen LogP contribution in [0.3, 0.4) is 0 Å². The Kier molecular flexibility index (Phi) is 5.23. The highest BCUT2D eigenvalue weighted by Gasteiger charge is 2.41. The smallest absolute Gasteiger partial charge is 0.272 e. The zero-order valence-corrected chi connectivity index (χ0v) is 16.9. The molecule has 4 nitrogen and oxygen atoms in total. The maximum absolute atomic E-state index is 13.4. The second kappa shape index (κ2) is 7.97. The van der Waals surface area contributed by atoms with Gasteiger partial charge in [-0.05, 0) is 37.3 Å². The number of carbonyl (C=O) groups excluding carboxylic acids is 2. The van der Waals surface area contributed by atoms with Gasteiger partial charge in [0.15, 0.2) is 0 Å². The third-order valence-corrected chi connectivity index (χ3v) is 5.76. The van der Waals surface area contributed by atoms with E-state index in [0.717, 1.165) is 10.5 Å². The summed E-state index contributed by atoms with van der Waals surface area (Å²) in [5.41, 5.74) is 2.59. The van der Waals surface area contributed by atoms with Crippen LogP contribution in [-0.4, -0.2) is 18.9 Å². The van der Waals surface area contributed by atoms with E-state index in [-0.39, 0.29) is 11.8 Å². The van der Waals surface area contributed by atoms with Gasteiger partial charge in [0.05, 0.1) is 23.3 Å². The van der Waals surface area contributed by atoms with Crippen molar-refractivity contribution in [1.82, 2.24) is 0 Å². The number of hydrogen-bond acceptors (Lipinski definition) is 4. The van der Waals surface area contributed by atoms with Gasteiger partial charge >= 0.3 is 0 Å². The van der Waals surface area contributed by atoms with Crippen molar-refractivity contribution in [3.05, 3.63) is 94.9 Å². The van der Waals surface area contributed by atoms with Gasteiger partial charge < -0.3 is 4.74 Å². The minimum atomic E-state index is -0.346. The monoisotopic (exact) mass is 401 g/mol. The number of hydrogen-bond donors (Lipinski definition) is 0. The zero-order chi connectivity index (χ0) is 20.4. The fraction of sp³-hybridized carbons (Fsp3) is 0.0833. The molecule has 0 spiro atoms. The van der Waals surface area contributed by atoms with Crippen LogP contribution >= 0.6 is 11.8 Å². The van der Waals surface area contributed by atoms with Crippen LogP contribution in [0.1, 0.15) is 11.1 Å². The first-order valence-corrected chi connectivity index (χ1v) is 9.98. The van der Waals surface area contributed by atoms with Crippen LogP contribution in [-0.2, 0) is 9.59 Å². The summed E-state index contributed by atoms with van der Waals surface area (Å²) in [6.07, 6.45) is 0. The van der Waals surface area contributed by atoms with Gasteiger partial charge in [0.1, 0.15) is 5.75 Å². The quantitative estimate of drug-likeness (QED) is 0.560. The van der Waals surface area contributed by atoms with E-state index in [0.29, 0.717) is 27.5 Å². The molecule has 0 aromatic heterocycles. The molecule has 29 heavy (non-hydrogen) atoms. The lowest BCUT2D eigenvalue weighted by atomic mass is 10.0. The lowest BCUT2D eigenvalue weighted by molar-refractivity contribution is -0.119. The third kappa shape index (κ3) is 3.57. The number of thioether (sulfide) groups is 1. The normalized spacial score (nSPS) is 13.9. The molecule has 0 atom stereocenters. The highest BCUT2D eigenvalue weighted by molar-refractivity contribution is 8.04. The highest BCUT2D eigenvalue weighted by Crippen LogP contribution is 2.43. The largest absolute Gasteiger partial charge is 0.496 e. The topological polar surface area (TPSA) is 46.6 Å². The summed E-state index contributed by atoms with van der Waals surface area (Å²) in [6.45, 7) is 1.96. The van der Waals surface area contributed by atoms with E-state index >= 15 is 0 Å². The summed E-state index contributed by atoms with van der Waals surface area (Å²) in [5, 5.41) is 0. The van der Waals surface area contributed by atoms with Gasteiger partial charge in [-0.2, -0.15) is 0 Å². The number of imide groups is 1.